The quantitative estimate of drug-likeness (QED) is 0.472. The summed E-state index contributed by atoms with van der Waals surface area (Å²) in [5.41, 5.74) is 0.0357. The van der Waals surface area contributed by atoms with E-state index >= 15 is 0 Å². The first-order valence-electron chi connectivity index (χ1n) is 4.31. The maximum Gasteiger partial charge on any atom is 0.0630 e. The molecule has 3 heteroatoms. The van der Waals surface area contributed by atoms with E-state index in [9.17, 15) is 0 Å². The predicted molar refractivity (Wildman–Crippen MR) is 58.4 cm³/mol. The molecule has 0 aliphatic rings. The zero-order chi connectivity index (χ0) is 9.45. The summed E-state index contributed by atoms with van der Waals surface area (Å²) >= 11 is 7.52. The van der Waals surface area contributed by atoms with Crippen molar-refractivity contribution in [3.63, 3.8) is 0 Å². The van der Waals surface area contributed by atoms with Gasteiger partial charge in [0.25, 0.3) is 0 Å². The number of alkyl halides is 1. The number of halogens is 1. The molecule has 0 atom stereocenters. The fraction of sp³-hybridized carbons (Fsp3) is 1.00. The standard InChI is InChI=1S/C9H19ClOS/c1-9(2,11-3)5-8-12-7-4-6-10/h4-8H2,1-3H3. The summed E-state index contributed by atoms with van der Waals surface area (Å²) in [5.74, 6) is 3.11. The van der Waals surface area contributed by atoms with E-state index in [0.717, 1.165) is 24.5 Å². The van der Waals surface area contributed by atoms with Crippen LogP contribution < -0.4 is 0 Å². The average molecular weight is 211 g/mol. The molecule has 12 heavy (non-hydrogen) atoms. The largest absolute Gasteiger partial charge is 0.379 e. The summed E-state index contributed by atoms with van der Waals surface area (Å²) in [5, 5.41) is 0. The van der Waals surface area contributed by atoms with Gasteiger partial charge in [-0.05, 0) is 38.2 Å². The Hall–Kier alpha value is 0.600. The molecule has 0 heterocycles. The van der Waals surface area contributed by atoms with Crippen LogP contribution in [0.25, 0.3) is 0 Å². The molecule has 74 valence electrons. The molecule has 0 amide bonds. The van der Waals surface area contributed by atoms with Gasteiger partial charge in [-0.15, -0.1) is 11.6 Å². The van der Waals surface area contributed by atoms with Crippen LogP contribution in [0.2, 0.25) is 0 Å². The maximum absolute atomic E-state index is 5.56. The number of methoxy groups -OCH3 is 1. The lowest BCUT2D eigenvalue weighted by Crippen LogP contribution is -2.23. The van der Waals surface area contributed by atoms with Gasteiger partial charge in [-0.3, -0.25) is 0 Å². The highest BCUT2D eigenvalue weighted by molar-refractivity contribution is 7.99. The van der Waals surface area contributed by atoms with Crippen LogP contribution in [0.3, 0.4) is 0 Å². The smallest absolute Gasteiger partial charge is 0.0630 e. The summed E-state index contributed by atoms with van der Waals surface area (Å²) in [4.78, 5) is 0. The lowest BCUT2D eigenvalue weighted by Gasteiger charge is -2.22. The van der Waals surface area contributed by atoms with Gasteiger partial charge >= 0.3 is 0 Å². The van der Waals surface area contributed by atoms with E-state index < -0.39 is 0 Å². The van der Waals surface area contributed by atoms with Crippen molar-refractivity contribution in [1.29, 1.82) is 0 Å². The van der Waals surface area contributed by atoms with Crippen LogP contribution in [0.15, 0.2) is 0 Å². The van der Waals surface area contributed by atoms with Crippen molar-refractivity contribution >= 4 is 23.4 Å². The highest BCUT2D eigenvalue weighted by atomic mass is 35.5. The Morgan fingerprint density at radius 3 is 2.50 bits per heavy atom. The van der Waals surface area contributed by atoms with Gasteiger partial charge in [0, 0.05) is 13.0 Å². The zero-order valence-electron chi connectivity index (χ0n) is 8.23. The van der Waals surface area contributed by atoms with Crippen LogP contribution in [0.1, 0.15) is 26.7 Å². The van der Waals surface area contributed by atoms with Crippen LogP contribution in [0, 0.1) is 0 Å². The Morgan fingerprint density at radius 1 is 1.33 bits per heavy atom. The van der Waals surface area contributed by atoms with Crippen LogP contribution in [-0.2, 0) is 4.74 Å². The summed E-state index contributed by atoms with van der Waals surface area (Å²) < 4.78 is 5.30. The first-order chi connectivity index (χ1) is 5.62. The Labute approximate surface area is 85.2 Å². The highest BCUT2D eigenvalue weighted by Gasteiger charge is 2.14. The van der Waals surface area contributed by atoms with E-state index in [2.05, 4.69) is 13.8 Å². The second-order valence-corrected chi connectivity index (χ2v) is 4.97. The fourth-order valence-corrected chi connectivity index (χ4v) is 2.16. The summed E-state index contributed by atoms with van der Waals surface area (Å²) in [7, 11) is 1.77. The van der Waals surface area contributed by atoms with Crippen molar-refractivity contribution in [3.05, 3.63) is 0 Å². The van der Waals surface area contributed by atoms with E-state index in [1.54, 1.807) is 7.11 Å². The van der Waals surface area contributed by atoms with Gasteiger partial charge in [-0.2, -0.15) is 11.8 Å². The minimum absolute atomic E-state index is 0.0357. The van der Waals surface area contributed by atoms with Gasteiger partial charge in [0.2, 0.25) is 0 Å². The Balaban J connectivity index is 3.19. The molecule has 0 aromatic rings. The van der Waals surface area contributed by atoms with Gasteiger partial charge in [0.05, 0.1) is 5.60 Å². The second-order valence-electron chi connectivity index (χ2n) is 3.37. The topological polar surface area (TPSA) is 9.23 Å². The molecule has 0 bridgehead atoms. The van der Waals surface area contributed by atoms with Crippen LogP contribution in [0.4, 0.5) is 0 Å². The number of hydrogen-bond acceptors (Lipinski definition) is 2. The molecule has 0 spiro atoms. The third kappa shape index (κ3) is 7.26. The van der Waals surface area contributed by atoms with E-state index in [-0.39, 0.29) is 5.60 Å². The monoisotopic (exact) mass is 210 g/mol. The molecule has 0 fully saturated rings. The SMILES string of the molecule is COC(C)(C)CCSCCCCl. The predicted octanol–water partition coefficient (Wildman–Crippen LogP) is 3.16. The maximum atomic E-state index is 5.56. The van der Waals surface area contributed by atoms with Crippen LogP contribution in [0.5, 0.6) is 0 Å². The molecule has 0 saturated heterocycles. The average Bonchev–Trinajstić information content (AvgIpc) is 2.04. The third-order valence-corrected chi connectivity index (χ3v) is 3.16. The van der Waals surface area contributed by atoms with Crippen molar-refractivity contribution < 1.29 is 4.74 Å². The van der Waals surface area contributed by atoms with Gasteiger partial charge < -0.3 is 4.74 Å². The Bertz CT molecular complexity index is 107. The lowest BCUT2D eigenvalue weighted by atomic mass is 10.1. The fourth-order valence-electron chi connectivity index (χ4n) is 0.679. The molecule has 0 rings (SSSR count). The van der Waals surface area contributed by atoms with Crippen molar-refractivity contribution in [2.75, 3.05) is 24.5 Å². The number of hydrogen-bond donors (Lipinski definition) is 0. The van der Waals surface area contributed by atoms with Crippen LogP contribution in [-0.4, -0.2) is 30.1 Å². The molecule has 0 unspecified atom stereocenters. The van der Waals surface area contributed by atoms with Gasteiger partial charge in [0.1, 0.15) is 0 Å². The second kappa shape index (κ2) is 7.05. The van der Waals surface area contributed by atoms with Gasteiger partial charge in [-0.25, -0.2) is 0 Å². The summed E-state index contributed by atoms with van der Waals surface area (Å²) in [6, 6.07) is 0. The van der Waals surface area contributed by atoms with E-state index in [1.807, 2.05) is 11.8 Å². The minimum Gasteiger partial charge on any atom is -0.379 e. The van der Waals surface area contributed by atoms with Crippen molar-refractivity contribution in [1.82, 2.24) is 0 Å². The molecule has 0 saturated carbocycles. The van der Waals surface area contributed by atoms with Crippen molar-refractivity contribution in [3.8, 4) is 0 Å². The number of rotatable bonds is 7. The Kier molecular flexibility index (Phi) is 7.40. The lowest BCUT2D eigenvalue weighted by molar-refractivity contribution is 0.0207. The van der Waals surface area contributed by atoms with Crippen molar-refractivity contribution in [2.24, 2.45) is 0 Å². The van der Waals surface area contributed by atoms with Crippen LogP contribution >= 0.6 is 23.4 Å². The molecule has 1 nitrogen and oxygen atoms in total. The minimum atomic E-state index is 0.0357. The van der Waals surface area contributed by atoms with E-state index in [1.165, 1.54) is 5.75 Å². The van der Waals surface area contributed by atoms with Crippen molar-refractivity contribution in [2.45, 2.75) is 32.3 Å². The first kappa shape index (κ1) is 12.6. The van der Waals surface area contributed by atoms with E-state index in [0.29, 0.717) is 0 Å². The number of thioether (sulfide) groups is 1. The molecule has 0 aromatic carbocycles. The third-order valence-electron chi connectivity index (χ3n) is 1.82. The molecule has 0 aliphatic heterocycles. The number of ether oxygens (including phenoxy) is 1. The molecule has 0 aromatic heterocycles. The normalized spacial score (nSPS) is 12.0. The Morgan fingerprint density at radius 2 is 2.00 bits per heavy atom. The van der Waals surface area contributed by atoms with Gasteiger partial charge in [-0.1, -0.05) is 0 Å². The van der Waals surface area contributed by atoms with E-state index in [4.69, 9.17) is 16.3 Å². The summed E-state index contributed by atoms with van der Waals surface area (Å²) in [6.07, 6.45) is 2.22. The molecular formula is C9H19ClOS. The summed E-state index contributed by atoms with van der Waals surface area (Å²) in [6.45, 7) is 4.24. The molecular weight excluding hydrogens is 192 g/mol. The first-order valence-corrected chi connectivity index (χ1v) is 6.00. The molecule has 0 N–H and O–H groups in total. The van der Waals surface area contributed by atoms with Gasteiger partial charge in [0.15, 0.2) is 0 Å². The molecule has 0 radical (unpaired) electrons. The molecule has 0 aliphatic carbocycles. The highest BCUT2D eigenvalue weighted by Crippen LogP contribution is 2.17. The zero-order valence-corrected chi connectivity index (χ0v) is 9.80.